The van der Waals surface area contributed by atoms with Crippen LogP contribution >= 0.6 is 39.1 Å². The van der Waals surface area contributed by atoms with Gasteiger partial charge >= 0.3 is 5.97 Å². The molecule has 2 N–H and O–H groups in total. The summed E-state index contributed by atoms with van der Waals surface area (Å²) in [6.07, 6.45) is 3.09. The van der Waals surface area contributed by atoms with E-state index >= 15 is 4.39 Å². The molecule has 1 aromatic heterocycles. The highest BCUT2D eigenvalue weighted by atomic mass is 79.9. The quantitative estimate of drug-likeness (QED) is 0.323. The molecule has 27 heavy (non-hydrogen) atoms. The molecule has 0 radical (unpaired) electrons. The van der Waals surface area contributed by atoms with Gasteiger partial charge in [0.15, 0.2) is 5.82 Å². The summed E-state index contributed by atoms with van der Waals surface area (Å²) in [4.78, 5) is 15.9. The zero-order valence-electron chi connectivity index (χ0n) is 14.0. The Morgan fingerprint density at radius 2 is 2.11 bits per heavy atom. The topological polar surface area (TPSA) is 67.1 Å². The number of carbonyl (C=O) groups is 1. The summed E-state index contributed by atoms with van der Waals surface area (Å²) >= 11 is 15.1. The Labute approximate surface area is 173 Å². The maximum absolute atomic E-state index is 15.1. The number of alkyl halides is 1. The van der Waals surface area contributed by atoms with E-state index in [9.17, 15) is 9.90 Å². The van der Waals surface area contributed by atoms with Gasteiger partial charge < -0.3 is 15.0 Å². The Morgan fingerprint density at radius 1 is 1.33 bits per heavy atom. The number of rotatable bonds is 7. The minimum absolute atomic E-state index is 0.0987. The molecule has 3 rings (SSSR count). The number of benzene rings is 2. The molecule has 0 saturated carbocycles. The highest BCUT2D eigenvalue weighted by Crippen LogP contribution is 2.34. The van der Waals surface area contributed by atoms with Crippen molar-refractivity contribution in [3.8, 4) is 0 Å². The summed E-state index contributed by atoms with van der Waals surface area (Å²) in [6, 6.07) is 6.40. The number of carboxylic acid groups (broad SMARTS) is 1. The van der Waals surface area contributed by atoms with Gasteiger partial charge in [0.05, 0.1) is 33.8 Å². The smallest absolute Gasteiger partial charge is 0.338 e. The van der Waals surface area contributed by atoms with Crippen LogP contribution in [0, 0.1) is 5.82 Å². The number of unbranched alkanes of at least 4 members (excludes halogenated alkanes) is 1. The number of nitrogens with one attached hydrogen (secondary N) is 1. The Hall–Kier alpha value is -1.83. The third-order valence-corrected chi connectivity index (χ3v) is 5.13. The van der Waals surface area contributed by atoms with E-state index in [1.54, 1.807) is 22.8 Å². The highest BCUT2D eigenvalue weighted by molar-refractivity contribution is 9.10. The standard InChI is InChI=1S/C18H15BrCl2FN3O2/c19-10-3-4-13(12(21)7-10)24-16-11(18(26)27)8-14-17(15(16)22)23-9-25(14)6-2-1-5-20/h3-4,7-9,24H,1-2,5-6H2,(H,26,27). The first-order valence-corrected chi connectivity index (χ1v) is 9.81. The fourth-order valence-corrected chi connectivity index (χ4v) is 3.64. The minimum atomic E-state index is -1.25. The molecule has 1 heterocycles. The molecule has 3 aromatic rings. The predicted molar refractivity (Wildman–Crippen MR) is 109 cm³/mol. The Bertz CT molecular complexity index is 1010. The van der Waals surface area contributed by atoms with Crippen molar-refractivity contribution >= 4 is 67.5 Å². The number of hydrogen-bond donors (Lipinski definition) is 2. The van der Waals surface area contributed by atoms with Gasteiger partial charge in [0.1, 0.15) is 5.52 Å². The molecular formula is C18H15BrCl2FN3O2. The summed E-state index contributed by atoms with van der Waals surface area (Å²) in [5.41, 5.74) is 0.541. The van der Waals surface area contributed by atoms with Crippen LogP contribution in [0.5, 0.6) is 0 Å². The highest BCUT2D eigenvalue weighted by Gasteiger charge is 2.22. The van der Waals surface area contributed by atoms with E-state index in [1.807, 2.05) is 0 Å². The van der Waals surface area contributed by atoms with Crippen molar-refractivity contribution in [1.82, 2.24) is 9.55 Å². The molecule has 0 fully saturated rings. The molecule has 142 valence electrons. The van der Waals surface area contributed by atoms with Crippen LogP contribution in [-0.4, -0.2) is 26.5 Å². The van der Waals surface area contributed by atoms with Crippen molar-refractivity contribution < 1.29 is 14.3 Å². The van der Waals surface area contributed by atoms with Crippen LogP contribution < -0.4 is 5.32 Å². The molecule has 0 aliphatic carbocycles. The normalized spacial score (nSPS) is 11.1. The Morgan fingerprint density at radius 3 is 2.78 bits per heavy atom. The lowest BCUT2D eigenvalue weighted by molar-refractivity contribution is 0.0697. The van der Waals surface area contributed by atoms with E-state index in [4.69, 9.17) is 23.2 Å². The fourth-order valence-electron chi connectivity index (χ4n) is 2.73. The van der Waals surface area contributed by atoms with Crippen molar-refractivity contribution in [1.29, 1.82) is 0 Å². The molecule has 0 aliphatic heterocycles. The molecule has 0 spiro atoms. The van der Waals surface area contributed by atoms with Crippen molar-refractivity contribution in [3.63, 3.8) is 0 Å². The lowest BCUT2D eigenvalue weighted by Gasteiger charge is -2.13. The van der Waals surface area contributed by atoms with Gasteiger partial charge in [0.25, 0.3) is 0 Å². The second-order valence-corrected chi connectivity index (χ2v) is 7.57. The predicted octanol–water partition coefficient (Wildman–Crippen LogP) is 6.05. The lowest BCUT2D eigenvalue weighted by Crippen LogP contribution is -2.07. The van der Waals surface area contributed by atoms with Gasteiger partial charge in [-0.05, 0) is 37.1 Å². The van der Waals surface area contributed by atoms with Gasteiger partial charge in [-0.15, -0.1) is 11.6 Å². The zero-order valence-corrected chi connectivity index (χ0v) is 17.1. The minimum Gasteiger partial charge on any atom is -0.478 e. The summed E-state index contributed by atoms with van der Waals surface area (Å²) in [7, 11) is 0. The lowest BCUT2D eigenvalue weighted by atomic mass is 10.1. The van der Waals surface area contributed by atoms with Gasteiger partial charge in [-0.3, -0.25) is 0 Å². The third kappa shape index (κ3) is 4.20. The largest absolute Gasteiger partial charge is 0.478 e. The van der Waals surface area contributed by atoms with Crippen LogP contribution in [0.25, 0.3) is 11.0 Å². The summed E-state index contributed by atoms with van der Waals surface area (Å²) in [5, 5.41) is 12.7. The van der Waals surface area contributed by atoms with Crippen LogP contribution in [0.15, 0.2) is 35.1 Å². The third-order valence-electron chi connectivity index (χ3n) is 4.06. The SMILES string of the molecule is O=C(O)c1cc2c(ncn2CCCCCl)c(F)c1Nc1ccc(Br)cc1Cl. The molecule has 0 saturated heterocycles. The van der Waals surface area contributed by atoms with Crippen LogP contribution in [0.4, 0.5) is 15.8 Å². The molecule has 0 amide bonds. The maximum Gasteiger partial charge on any atom is 0.338 e. The molecule has 2 aromatic carbocycles. The van der Waals surface area contributed by atoms with E-state index < -0.39 is 11.8 Å². The van der Waals surface area contributed by atoms with Crippen molar-refractivity contribution in [2.24, 2.45) is 0 Å². The monoisotopic (exact) mass is 473 g/mol. The Balaban J connectivity index is 2.08. The molecule has 0 aliphatic rings. The Kier molecular flexibility index (Phi) is 6.24. The number of nitrogens with zero attached hydrogens (tertiary/aromatic N) is 2. The van der Waals surface area contributed by atoms with Crippen molar-refractivity contribution in [2.75, 3.05) is 11.2 Å². The molecule has 0 unspecified atom stereocenters. The van der Waals surface area contributed by atoms with Gasteiger partial charge in [-0.1, -0.05) is 27.5 Å². The van der Waals surface area contributed by atoms with Gasteiger partial charge in [0, 0.05) is 16.9 Å². The van der Waals surface area contributed by atoms with Gasteiger partial charge in [-0.2, -0.15) is 0 Å². The zero-order chi connectivity index (χ0) is 19.6. The maximum atomic E-state index is 15.1. The second kappa shape index (κ2) is 8.46. The van der Waals surface area contributed by atoms with E-state index in [2.05, 4.69) is 26.2 Å². The molecule has 9 heteroatoms. The molecule has 0 atom stereocenters. The number of anilines is 2. The van der Waals surface area contributed by atoms with E-state index in [0.29, 0.717) is 28.7 Å². The number of imidazole rings is 1. The van der Waals surface area contributed by atoms with Gasteiger partial charge in [0.2, 0.25) is 0 Å². The number of aromatic carboxylic acids is 1. The molecule has 0 bridgehead atoms. The number of hydrogen-bond acceptors (Lipinski definition) is 3. The first-order valence-electron chi connectivity index (χ1n) is 8.11. The number of aromatic nitrogens is 2. The summed E-state index contributed by atoms with van der Waals surface area (Å²) in [6.45, 7) is 0.576. The van der Waals surface area contributed by atoms with Crippen LogP contribution in [0.2, 0.25) is 5.02 Å². The summed E-state index contributed by atoms with van der Waals surface area (Å²) in [5.74, 6) is -1.45. The fraction of sp³-hybridized carbons (Fsp3) is 0.222. The van der Waals surface area contributed by atoms with E-state index in [0.717, 1.165) is 17.3 Å². The van der Waals surface area contributed by atoms with Gasteiger partial charge in [-0.25, -0.2) is 14.2 Å². The average Bonchev–Trinajstić information content (AvgIpc) is 3.02. The van der Waals surface area contributed by atoms with E-state index in [1.165, 1.54) is 12.4 Å². The number of halogens is 4. The van der Waals surface area contributed by atoms with Crippen molar-refractivity contribution in [3.05, 3.63) is 51.5 Å². The second-order valence-electron chi connectivity index (χ2n) is 5.87. The van der Waals surface area contributed by atoms with E-state index in [-0.39, 0.29) is 16.8 Å². The summed E-state index contributed by atoms with van der Waals surface area (Å²) < 4.78 is 17.6. The van der Waals surface area contributed by atoms with Crippen molar-refractivity contribution in [2.45, 2.75) is 19.4 Å². The van der Waals surface area contributed by atoms with Crippen LogP contribution in [0.1, 0.15) is 23.2 Å². The van der Waals surface area contributed by atoms with Crippen LogP contribution in [0.3, 0.4) is 0 Å². The number of aryl methyl sites for hydroxylation is 1. The molecule has 5 nitrogen and oxygen atoms in total. The first kappa shape index (κ1) is 19.9. The van der Waals surface area contributed by atoms with Crippen LogP contribution in [-0.2, 0) is 6.54 Å². The number of carboxylic acids is 1. The first-order chi connectivity index (χ1) is 12.9. The molecular weight excluding hydrogens is 460 g/mol. The number of fused-ring (bicyclic) bond motifs is 1. The average molecular weight is 475 g/mol.